The third-order valence-electron chi connectivity index (χ3n) is 3.07. The summed E-state index contributed by atoms with van der Waals surface area (Å²) in [5, 5.41) is 14.0. The van der Waals surface area contributed by atoms with E-state index in [4.69, 9.17) is 9.84 Å². The number of benzene rings is 1. The lowest BCUT2D eigenvalue weighted by atomic mass is 10.1. The first-order valence-corrected chi connectivity index (χ1v) is 6.96. The zero-order chi connectivity index (χ0) is 14.8. The molecule has 0 fully saturated rings. The molecule has 5 heteroatoms. The molecular weight excluding hydrogens is 256 g/mol. The summed E-state index contributed by atoms with van der Waals surface area (Å²) in [4.78, 5) is 11.4. The van der Waals surface area contributed by atoms with Crippen LogP contribution in [-0.2, 0) is 0 Å². The van der Waals surface area contributed by atoms with Gasteiger partial charge in [0.1, 0.15) is 5.75 Å². The number of carbonyl (C=O) groups is 1. The second kappa shape index (κ2) is 9.20. The van der Waals surface area contributed by atoms with E-state index >= 15 is 0 Å². The number of urea groups is 1. The number of unbranched alkanes of at least 4 members (excludes halogenated alkanes) is 2. The van der Waals surface area contributed by atoms with Gasteiger partial charge in [0.05, 0.1) is 0 Å². The predicted octanol–water partition coefficient (Wildman–Crippen LogP) is 2.10. The van der Waals surface area contributed by atoms with Crippen LogP contribution in [0.15, 0.2) is 18.2 Å². The lowest BCUT2D eigenvalue weighted by Gasteiger charge is -2.10. The Bertz CT molecular complexity index is 422. The molecule has 1 rings (SSSR count). The fraction of sp³-hybridized carbons (Fsp3) is 0.533. The van der Waals surface area contributed by atoms with Crippen molar-refractivity contribution >= 4 is 6.03 Å². The highest BCUT2D eigenvalue weighted by Crippen LogP contribution is 2.15. The number of ether oxygens (including phenoxy) is 1. The summed E-state index contributed by atoms with van der Waals surface area (Å²) in [6.07, 6.45) is 2.56. The minimum Gasteiger partial charge on any atom is -0.473 e. The van der Waals surface area contributed by atoms with Crippen LogP contribution in [0.25, 0.3) is 0 Å². The molecule has 5 nitrogen and oxygen atoms in total. The van der Waals surface area contributed by atoms with Gasteiger partial charge in [0.25, 0.3) is 0 Å². The Balaban J connectivity index is 2.13. The van der Waals surface area contributed by atoms with E-state index in [9.17, 15) is 4.79 Å². The van der Waals surface area contributed by atoms with E-state index < -0.39 is 0 Å². The number of aliphatic hydroxyl groups is 1. The van der Waals surface area contributed by atoms with Crippen molar-refractivity contribution in [2.45, 2.75) is 33.1 Å². The molecule has 0 atom stereocenters. The third-order valence-corrected chi connectivity index (χ3v) is 3.07. The minimum absolute atomic E-state index is 0.144. The SMILES string of the molecule is Cc1ccc(OCNC(=O)NCCCCCO)cc1C. The molecule has 1 aromatic carbocycles. The van der Waals surface area contributed by atoms with Crippen LogP contribution in [0.1, 0.15) is 30.4 Å². The number of rotatable bonds is 8. The Morgan fingerprint density at radius 2 is 1.95 bits per heavy atom. The molecule has 0 aliphatic rings. The summed E-state index contributed by atoms with van der Waals surface area (Å²) in [5.74, 6) is 0.747. The van der Waals surface area contributed by atoms with Gasteiger partial charge in [-0.05, 0) is 56.4 Å². The molecule has 0 heterocycles. The van der Waals surface area contributed by atoms with Gasteiger partial charge in [-0.1, -0.05) is 6.07 Å². The maximum absolute atomic E-state index is 11.4. The van der Waals surface area contributed by atoms with Crippen LogP contribution >= 0.6 is 0 Å². The molecule has 20 heavy (non-hydrogen) atoms. The van der Waals surface area contributed by atoms with Crippen molar-refractivity contribution in [3.8, 4) is 5.75 Å². The van der Waals surface area contributed by atoms with Crippen molar-refractivity contribution in [3.63, 3.8) is 0 Å². The molecule has 2 amide bonds. The summed E-state index contributed by atoms with van der Waals surface area (Å²) in [7, 11) is 0. The molecule has 0 spiro atoms. The largest absolute Gasteiger partial charge is 0.473 e. The number of nitrogens with one attached hydrogen (secondary N) is 2. The van der Waals surface area contributed by atoms with Crippen molar-refractivity contribution in [2.24, 2.45) is 0 Å². The Labute approximate surface area is 120 Å². The van der Waals surface area contributed by atoms with Gasteiger partial charge >= 0.3 is 6.03 Å². The van der Waals surface area contributed by atoms with E-state index in [2.05, 4.69) is 10.6 Å². The monoisotopic (exact) mass is 280 g/mol. The topological polar surface area (TPSA) is 70.6 Å². The van der Waals surface area contributed by atoms with Crippen LogP contribution in [0.5, 0.6) is 5.75 Å². The van der Waals surface area contributed by atoms with E-state index in [-0.39, 0.29) is 19.4 Å². The summed E-state index contributed by atoms with van der Waals surface area (Å²) < 4.78 is 5.45. The Hall–Kier alpha value is -1.75. The van der Waals surface area contributed by atoms with E-state index in [1.165, 1.54) is 5.56 Å². The highest BCUT2D eigenvalue weighted by Gasteiger charge is 2.00. The smallest absolute Gasteiger partial charge is 0.317 e. The first-order chi connectivity index (χ1) is 9.63. The van der Waals surface area contributed by atoms with E-state index in [1.807, 2.05) is 32.0 Å². The van der Waals surface area contributed by atoms with Crippen molar-refractivity contribution < 1.29 is 14.6 Å². The average molecular weight is 280 g/mol. The van der Waals surface area contributed by atoms with Crippen LogP contribution in [0.3, 0.4) is 0 Å². The zero-order valence-electron chi connectivity index (χ0n) is 12.2. The van der Waals surface area contributed by atoms with Crippen LogP contribution in [0, 0.1) is 13.8 Å². The number of aliphatic hydroxyl groups excluding tert-OH is 1. The molecule has 0 saturated carbocycles. The van der Waals surface area contributed by atoms with Crippen molar-refractivity contribution in [1.82, 2.24) is 10.6 Å². The van der Waals surface area contributed by atoms with Gasteiger partial charge in [-0.3, -0.25) is 0 Å². The van der Waals surface area contributed by atoms with Gasteiger partial charge in [0.2, 0.25) is 0 Å². The number of hydrogen-bond acceptors (Lipinski definition) is 3. The molecule has 3 N–H and O–H groups in total. The van der Waals surface area contributed by atoms with Gasteiger partial charge in [0.15, 0.2) is 6.73 Å². The Morgan fingerprint density at radius 1 is 1.15 bits per heavy atom. The van der Waals surface area contributed by atoms with Crippen LogP contribution in [-0.4, -0.2) is 31.0 Å². The maximum atomic E-state index is 11.4. The van der Waals surface area contributed by atoms with Crippen molar-refractivity contribution in [2.75, 3.05) is 19.9 Å². The number of amides is 2. The van der Waals surface area contributed by atoms with Gasteiger partial charge in [-0.25, -0.2) is 4.79 Å². The van der Waals surface area contributed by atoms with Gasteiger partial charge < -0.3 is 20.5 Å². The highest BCUT2D eigenvalue weighted by atomic mass is 16.5. The molecule has 112 valence electrons. The minimum atomic E-state index is -0.238. The van der Waals surface area contributed by atoms with Gasteiger partial charge in [0, 0.05) is 13.2 Å². The van der Waals surface area contributed by atoms with Crippen LogP contribution < -0.4 is 15.4 Å². The number of carbonyl (C=O) groups excluding carboxylic acids is 1. The standard InChI is InChI=1S/C15H24N2O3/c1-12-6-7-14(10-13(12)2)20-11-17-15(19)16-8-4-3-5-9-18/h6-7,10,18H,3-5,8-9,11H2,1-2H3,(H2,16,17,19). The molecule has 1 aromatic rings. The molecule has 0 aromatic heterocycles. The molecule has 0 saturated heterocycles. The fourth-order valence-electron chi connectivity index (χ4n) is 1.67. The highest BCUT2D eigenvalue weighted by molar-refractivity contribution is 5.73. The number of aryl methyl sites for hydroxylation is 2. The molecule has 0 radical (unpaired) electrons. The van der Waals surface area contributed by atoms with Gasteiger partial charge in [-0.15, -0.1) is 0 Å². The second-order valence-corrected chi connectivity index (χ2v) is 4.75. The maximum Gasteiger partial charge on any atom is 0.317 e. The van der Waals surface area contributed by atoms with Gasteiger partial charge in [-0.2, -0.15) is 0 Å². The molecule has 0 aliphatic heterocycles. The first kappa shape index (κ1) is 16.3. The summed E-state index contributed by atoms with van der Waals surface area (Å²) >= 11 is 0. The van der Waals surface area contributed by atoms with Crippen LogP contribution in [0.4, 0.5) is 4.79 Å². The Morgan fingerprint density at radius 3 is 2.65 bits per heavy atom. The molecule has 0 bridgehead atoms. The number of hydrogen-bond donors (Lipinski definition) is 3. The zero-order valence-corrected chi connectivity index (χ0v) is 12.2. The summed E-state index contributed by atoms with van der Waals surface area (Å²) in [6.45, 7) is 5.02. The van der Waals surface area contributed by atoms with E-state index in [0.29, 0.717) is 6.54 Å². The molecule has 0 unspecified atom stereocenters. The fourth-order valence-corrected chi connectivity index (χ4v) is 1.67. The lowest BCUT2D eigenvalue weighted by molar-refractivity contribution is 0.223. The predicted molar refractivity (Wildman–Crippen MR) is 78.9 cm³/mol. The first-order valence-electron chi connectivity index (χ1n) is 6.96. The Kier molecular flexibility index (Phi) is 7.50. The average Bonchev–Trinajstić information content (AvgIpc) is 2.42. The summed E-state index contributed by atoms with van der Waals surface area (Å²) in [5.41, 5.74) is 2.38. The second-order valence-electron chi connectivity index (χ2n) is 4.75. The van der Waals surface area contributed by atoms with Crippen molar-refractivity contribution in [1.29, 1.82) is 0 Å². The third kappa shape index (κ3) is 6.43. The van der Waals surface area contributed by atoms with E-state index in [0.717, 1.165) is 30.6 Å². The van der Waals surface area contributed by atoms with E-state index in [1.54, 1.807) is 0 Å². The normalized spacial score (nSPS) is 10.2. The van der Waals surface area contributed by atoms with Crippen molar-refractivity contribution in [3.05, 3.63) is 29.3 Å². The molecular formula is C15H24N2O3. The summed E-state index contributed by atoms with van der Waals surface area (Å²) in [6, 6.07) is 5.59. The lowest BCUT2D eigenvalue weighted by Crippen LogP contribution is -2.38. The quantitative estimate of drug-likeness (QED) is 0.504. The molecule has 0 aliphatic carbocycles. The van der Waals surface area contributed by atoms with Crippen LogP contribution in [0.2, 0.25) is 0 Å².